The Morgan fingerprint density at radius 1 is 1.26 bits per heavy atom. The maximum absolute atomic E-state index is 7.37. The van der Waals surface area contributed by atoms with Crippen molar-refractivity contribution in [2.24, 2.45) is 5.73 Å². The predicted molar refractivity (Wildman–Crippen MR) is 81.4 cm³/mol. The third-order valence-electron chi connectivity index (χ3n) is 2.60. The Balaban J connectivity index is 2.29. The maximum atomic E-state index is 7.37. The van der Waals surface area contributed by atoms with Crippen molar-refractivity contribution in [2.45, 2.75) is 6.92 Å². The number of aryl methyl sites for hydroxylation is 1. The summed E-state index contributed by atoms with van der Waals surface area (Å²) in [5.41, 5.74) is 6.93. The summed E-state index contributed by atoms with van der Waals surface area (Å²) in [6.07, 6.45) is 0. The molecule has 0 saturated carbocycles. The van der Waals surface area contributed by atoms with Gasteiger partial charge in [0.2, 0.25) is 0 Å². The van der Waals surface area contributed by atoms with E-state index in [4.69, 9.17) is 27.5 Å². The van der Waals surface area contributed by atoms with Gasteiger partial charge in [-0.3, -0.25) is 5.41 Å². The van der Waals surface area contributed by atoms with Gasteiger partial charge in [0.05, 0.1) is 5.02 Å². The van der Waals surface area contributed by atoms with Crippen molar-refractivity contribution in [3.8, 4) is 11.5 Å². The van der Waals surface area contributed by atoms with E-state index in [1.165, 1.54) is 0 Å². The molecule has 2 aromatic rings. The Hall–Kier alpha value is -1.52. The lowest BCUT2D eigenvalue weighted by Crippen LogP contribution is -2.11. The Morgan fingerprint density at radius 3 is 2.58 bits per heavy atom. The van der Waals surface area contributed by atoms with Gasteiger partial charge >= 0.3 is 0 Å². The second-order valence-electron chi connectivity index (χ2n) is 4.07. The van der Waals surface area contributed by atoms with Gasteiger partial charge in [0, 0.05) is 16.1 Å². The number of halogens is 2. The van der Waals surface area contributed by atoms with E-state index in [9.17, 15) is 0 Å². The SMILES string of the molecule is Cc1cc(Br)ccc1Oc1ccc(C(=N)N)c(Cl)c1. The van der Waals surface area contributed by atoms with E-state index in [0.29, 0.717) is 16.3 Å². The Bertz CT molecular complexity index is 643. The number of nitrogens with two attached hydrogens (primary N) is 1. The van der Waals surface area contributed by atoms with E-state index in [1.54, 1.807) is 18.2 Å². The van der Waals surface area contributed by atoms with Crippen molar-refractivity contribution in [1.82, 2.24) is 0 Å². The second-order valence-corrected chi connectivity index (χ2v) is 5.39. The molecule has 2 rings (SSSR count). The van der Waals surface area contributed by atoms with E-state index in [1.807, 2.05) is 25.1 Å². The van der Waals surface area contributed by atoms with Gasteiger partial charge in [-0.15, -0.1) is 0 Å². The van der Waals surface area contributed by atoms with Crippen LogP contribution in [-0.4, -0.2) is 5.84 Å². The average Bonchev–Trinajstić information content (AvgIpc) is 2.32. The zero-order valence-corrected chi connectivity index (χ0v) is 12.5. The molecule has 3 nitrogen and oxygen atoms in total. The first-order chi connectivity index (χ1) is 8.97. The van der Waals surface area contributed by atoms with Crippen LogP contribution in [0.15, 0.2) is 40.9 Å². The van der Waals surface area contributed by atoms with Crippen molar-refractivity contribution in [3.05, 3.63) is 57.0 Å². The lowest BCUT2D eigenvalue weighted by Gasteiger charge is -2.10. The van der Waals surface area contributed by atoms with Crippen LogP contribution in [0.4, 0.5) is 0 Å². The van der Waals surface area contributed by atoms with Crippen molar-refractivity contribution in [1.29, 1.82) is 5.41 Å². The molecule has 0 aliphatic heterocycles. The van der Waals surface area contributed by atoms with E-state index in [0.717, 1.165) is 15.8 Å². The van der Waals surface area contributed by atoms with Crippen LogP contribution in [-0.2, 0) is 0 Å². The molecule has 2 aromatic carbocycles. The molecule has 0 aliphatic rings. The number of amidine groups is 1. The van der Waals surface area contributed by atoms with Gasteiger partial charge in [0.1, 0.15) is 17.3 Å². The molecule has 0 spiro atoms. The highest BCUT2D eigenvalue weighted by Crippen LogP contribution is 2.30. The first-order valence-corrected chi connectivity index (χ1v) is 6.72. The molecular weight excluding hydrogens is 328 g/mol. The molecule has 0 amide bonds. The van der Waals surface area contributed by atoms with Gasteiger partial charge in [-0.25, -0.2) is 0 Å². The molecule has 0 aromatic heterocycles. The lowest BCUT2D eigenvalue weighted by atomic mass is 10.2. The average molecular weight is 340 g/mol. The van der Waals surface area contributed by atoms with Gasteiger partial charge in [0.25, 0.3) is 0 Å². The smallest absolute Gasteiger partial charge is 0.130 e. The molecule has 0 saturated heterocycles. The standard InChI is InChI=1S/C14H12BrClN2O/c1-8-6-9(15)2-5-13(8)19-10-3-4-11(14(17)18)12(16)7-10/h2-7H,1H3,(H3,17,18). The Kier molecular flexibility index (Phi) is 4.12. The molecule has 0 bridgehead atoms. The molecule has 3 N–H and O–H groups in total. The van der Waals surface area contributed by atoms with Crippen LogP contribution >= 0.6 is 27.5 Å². The van der Waals surface area contributed by atoms with Crippen molar-refractivity contribution in [2.75, 3.05) is 0 Å². The summed E-state index contributed by atoms with van der Waals surface area (Å²) in [6.45, 7) is 1.96. The number of nitrogen functional groups attached to an aromatic ring is 1. The van der Waals surface area contributed by atoms with Crippen LogP contribution in [0.2, 0.25) is 5.02 Å². The van der Waals surface area contributed by atoms with Crippen LogP contribution in [0.5, 0.6) is 11.5 Å². The summed E-state index contributed by atoms with van der Waals surface area (Å²) in [7, 11) is 0. The largest absolute Gasteiger partial charge is 0.457 e. The summed E-state index contributed by atoms with van der Waals surface area (Å²) < 4.78 is 6.77. The van der Waals surface area contributed by atoms with Crippen LogP contribution in [0, 0.1) is 12.3 Å². The van der Waals surface area contributed by atoms with E-state index < -0.39 is 0 Å². The molecule has 98 valence electrons. The fourth-order valence-corrected chi connectivity index (χ4v) is 2.38. The first-order valence-electron chi connectivity index (χ1n) is 5.55. The number of benzene rings is 2. The molecule has 0 heterocycles. The number of hydrogen-bond acceptors (Lipinski definition) is 2. The van der Waals surface area contributed by atoms with Crippen LogP contribution in [0.1, 0.15) is 11.1 Å². The number of ether oxygens (including phenoxy) is 1. The lowest BCUT2D eigenvalue weighted by molar-refractivity contribution is 0.479. The molecule has 0 atom stereocenters. The summed E-state index contributed by atoms with van der Waals surface area (Å²) in [6, 6.07) is 10.8. The van der Waals surface area contributed by atoms with Crippen LogP contribution < -0.4 is 10.5 Å². The fraction of sp³-hybridized carbons (Fsp3) is 0.0714. The minimum absolute atomic E-state index is 0.0589. The topological polar surface area (TPSA) is 59.1 Å². The highest BCUT2D eigenvalue weighted by molar-refractivity contribution is 9.10. The van der Waals surface area contributed by atoms with Crippen molar-refractivity contribution in [3.63, 3.8) is 0 Å². The third-order valence-corrected chi connectivity index (χ3v) is 3.40. The molecule has 0 fully saturated rings. The van der Waals surface area contributed by atoms with E-state index >= 15 is 0 Å². The van der Waals surface area contributed by atoms with Gasteiger partial charge < -0.3 is 10.5 Å². The summed E-state index contributed by atoms with van der Waals surface area (Å²) in [5, 5.41) is 7.78. The third kappa shape index (κ3) is 3.28. The first kappa shape index (κ1) is 13.9. The minimum Gasteiger partial charge on any atom is -0.457 e. The van der Waals surface area contributed by atoms with Crippen LogP contribution in [0.3, 0.4) is 0 Å². The summed E-state index contributed by atoms with van der Waals surface area (Å²) in [5.74, 6) is 1.31. The number of nitrogens with one attached hydrogen (secondary N) is 1. The predicted octanol–water partition coefficient (Wildman–Crippen LogP) is 4.49. The molecule has 5 heteroatoms. The second kappa shape index (κ2) is 5.63. The molecule has 0 unspecified atom stereocenters. The van der Waals surface area contributed by atoms with E-state index in [-0.39, 0.29) is 5.84 Å². The van der Waals surface area contributed by atoms with Crippen LogP contribution in [0.25, 0.3) is 0 Å². The zero-order valence-electron chi connectivity index (χ0n) is 10.2. The Morgan fingerprint density at radius 2 is 2.00 bits per heavy atom. The molecule has 19 heavy (non-hydrogen) atoms. The van der Waals surface area contributed by atoms with Crippen molar-refractivity contribution >= 4 is 33.4 Å². The molecule has 0 radical (unpaired) electrons. The molecular formula is C14H12BrClN2O. The number of hydrogen-bond donors (Lipinski definition) is 2. The van der Waals surface area contributed by atoms with E-state index in [2.05, 4.69) is 15.9 Å². The normalized spacial score (nSPS) is 10.3. The highest BCUT2D eigenvalue weighted by atomic mass is 79.9. The maximum Gasteiger partial charge on any atom is 0.130 e. The Labute approximate surface area is 125 Å². The number of rotatable bonds is 3. The quantitative estimate of drug-likeness (QED) is 0.639. The van der Waals surface area contributed by atoms with Gasteiger partial charge in [-0.1, -0.05) is 27.5 Å². The molecule has 0 aliphatic carbocycles. The fourth-order valence-electron chi connectivity index (χ4n) is 1.63. The van der Waals surface area contributed by atoms with Gasteiger partial charge in [0.15, 0.2) is 0 Å². The van der Waals surface area contributed by atoms with Crippen molar-refractivity contribution < 1.29 is 4.74 Å². The zero-order chi connectivity index (χ0) is 14.0. The van der Waals surface area contributed by atoms with Gasteiger partial charge in [-0.05, 0) is 42.8 Å². The summed E-state index contributed by atoms with van der Waals surface area (Å²) >= 11 is 9.45. The van der Waals surface area contributed by atoms with Gasteiger partial charge in [-0.2, -0.15) is 0 Å². The highest BCUT2D eigenvalue weighted by Gasteiger charge is 2.07. The minimum atomic E-state index is -0.0589. The summed E-state index contributed by atoms with van der Waals surface area (Å²) in [4.78, 5) is 0. The monoisotopic (exact) mass is 338 g/mol.